The first-order chi connectivity index (χ1) is 6.52. The van der Waals surface area contributed by atoms with Gasteiger partial charge in [0.15, 0.2) is 0 Å². The summed E-state index contributed by atoms with van der Waals surface area (Å²) in [5, 5.41) is 3.22. The van der Waals surface area contributed by atoms with Gasteiger partial charge in [0.05, 0.1) is 19.6 Å². The van der Waals surface area contributed by atoms with Gasteiger partial charge in [0, 0.05) is 19.2 Å². The van der Waals surface area contributed by atoms with E-state index in [0.29, 0.717) is 26.2 Å². The zero-order valence-corrected chi connectivity index (χ0v) is 9.55. The fraction of sp³-hybridized carbons (Fsp3) is 0.900. The molecule has 4 heteroatoms. The van der Waals surface area contributed by atoms with E-state index in [1.165, 1.54) is 0 Å². The number of methoxy groups -OCH3 is 1. The number of carbonyl (C=O) groups is 1. The van der Waals surface area contributed by atoms with Crippen molar-refractivity contribution in [2.75, 3.05) is 26.9 Å². The SMILES string of the molecule is CCOC(=O)CCNC(C)(C)COC. The molecule has 0 spiro atoms. The summed E-state index contributed by atoms with van der Waals surface area (Å²) < 4.78 is 9.84. The Kier molecular flexibility index (Phi) is 6.49. The summed E-state index contributed by atoms with van der Waals surface area (Å²) in [4.78, 5) is 11.0. The molecule has 0 aliphatic carbocycles. The zero-order valence-electron chi connectivity index (χ0n) is 9.55. The van der Waals surface area contributed by atoms with Crippen LogP contribution in [0.15, 0.2) is 0 Å². The molecule has 0 aromatic carbocycles. The van der Waals surface area contributed by atoms with Crippen molar-refractivity contribution < 1.29 is 14.3 Å². The maximum atomic E-state index is 11.0. The predicted molar refractivity (Wildman–Crippen MR) is 55.2 cm³/mol. The maximum Gasteiger partial charge on any atom is 0.307 e. The number of hydrogen-bond acceptors (Lipinski definition) is 4. The first-order valence-corrected chi connectivity index (χ1v) is 4.91. The Morgan fingerprint density at radius 2 is 2.07 bits per heavy atom. The van der Waals surface area contributed by atoms with Gasteiger partial charge in [-0.3, -0.25) is 4.79 Å². The highest BCUT2D eigenvalue weighted by Crippen LogP contribution is 2.01. The van der Waals surface area contributed by atoms with Crippen LogP contribution in [0.25, 0.3) is 0 Å². The van der Waals surface area contributed by atoms with Crippen molar-refractivity contribution in [3.63, 3.8) is 0 Å². The largest absolute Gasteiger partial charge is 0.466 e. The third-order valence-corrected chi connectivity index (χ3v) is 1.74. The van der Waals surface area contributed by atoms with Crippen LogP contribution in [-0.4, -0.2) is 38.4 Å². The van der Waals surface area contributed by atoms with Crippen molar-refractivity contribution in [2.45, 2.75) is 32.7 Å². The normalized spacial score (nSPS) is 11.4. The summed E-state index contributed by atoms with van der Waals surface area (Å²) >= 11 is 0. The van der Waals surface area contributed by atoms with Crippen LogP contribution >= 0.6 is 0 Å². The summed E-state index contributed by atoms with van der Waals surface area (Å²) in [6, 6.07) is 0. The predicted octanol–water partition coefficient (Wildman–Crippen LogP) is 0.954. The van der Waals surface area contributed by atoms with Crippen molar-refractivity contribution in [3.8, 4) is 0 Å². The highest BCUT2D eigenvalue weighted by molar-refractivity contribution is 5.69. The fourth-order valence-electron chi connectivity index (χ4n) is 1.15. The highest BCUT2D eigenvalue weighted by Gasteiger charge is 2.16. The van der Waals surface area contributed by atoms with E-state index in [0.717, 1.165) is 0 Å². The topological polar surface area (TPSA) is 47.6 Å². The Morgan fingerprint density at radius 3 is 2.57 bits per heavy atom. The first-order valence-electron chi connectivity index (χ1n) is 4.91. The number of hydrogen-bond donors (Lipinski definition) is 1. The Morgan fingerprint density at radius 1 is 1.43 bits per heavy atom. The Bertz CT molecular complexity index is 169. The second-order valence-corrected chi connectivity index (χ2v) is 3.80. The van der Waals surface area contributed by atoms with Crippen molar-refractivity contribution in [1.82, 2.24) is 5.32 Å². The van der Waals surface area contributed by atoms with Gasteiger partial charge < -0.3 is 14.8 Å². The third-order valence-electron chi connectivity index (χ3n) is 1.74. The van der Waals surface area contributed by atoms with Crippen LogP contribution in [0, 0.1) is 0 Å². The van der Waals surface area contributed by atoms with Crippen LogP contribution < -0.4 is 5.32 Å². The molecule has 1 N–H and O–H groups in total. The molecule has 0 unspecified atom stereocenters. The minimum Gasteiger partial charge on any atom is -0.466 e. The Labute approximate surface area is 86.0 Å². The minimum absolute atomic E-state index is 0.0960. The third kappa shape index (κ3) is 6.86. The van der Waals surface area contributed by atoms with E-state index in [1.807, 2.05) is 13.8 Å². The van der Waals surface area contributed by atoms with Crippen LogP contribution in [-0.2, 0) is 14.3 Å². The van der Waals surface area contributed by atoms with Gasteiger partial charge in [-0.05, 0) is 20.8 Å². The van der Waals surface area contributed by atoms with Crippen LogP contribution in [0.3, 0.4) is 0 Å². The van der Waals surface area contributed by atoms with E-state index in [1.54, 1.807) is 14.0 Å². The van der Waals surface area contributed by atoms with Gasteiger partial charge in [0.25, 0.3) is 0 Å². The molecule has 0 aromatic heterocycles. The van der Waals surface area contributed by atoms with Gasteiger partial charge in [-0.1, -0.05) is 0 Å². The molecule has 0 radical (unpaired) electrons. The highest BCUT2D eigenvalue weighted by atomic mass is 16.5. The molecule has 0 heterocycles. The first kappa shape index (κ1) is 13.4. The molecule has 0 rings (SSSR count). The summed E-state index contributed by atoms with van der Waals surface area (Å²) in [7, 11) is 1.66. The molecule has 0 saturated heterocycles. The zero-order chi connectivity index (χ0) is 11.0. The summed E-state index contributed by atoms with van der Waals surface area (Å²) in [5.41, 5.74) is -0.0960. The van der Waals surface area contributed by atoms with Crippen molar-refractivity contribution in [1.29, 1.82) is 0 Å². The van der Waals surface area contributed by atoms with E-state index >= 15 is 0 Å². The molecule has 0 fully saturated rings. The lowest BCUT2D eigenvalue weighted by Gasteiger charge is -2.25. The molecule has 0 bridgehead atoms. The molecule has 0 aromatic rings. The van der Waals surface area contributed by atoms with Gasteiger partial charge in [-0.25, -0.2) is 0 Å². The molecule has 4 nitrogen and oxygen atoms in total. The lowest BCUT2D eigenvalue weighted by atomic mass is 10.1. The van der Waals surface area contributed by atoms with Gasteiger partial charge in [0.2, 0.25) is 0 Å². The van der Waals surface area contributed by atoms with Crippen LogP contribution in [0.5, 0.6) is 0 Å². The molecule has 84 valence electrons. The van der Waals surface area contributed by atoms with Crippen LogP contribution in [0.2, 0.25) is 0 Å². The molecule has 0 aliphatic rings. The van der Waals surface area contributed by atoms with Gasteiger partial charge in [-0.2, -0.15) is 0 Å². The van der Waals surface area contributed by atoms with Crippen LogP contribution in [0.4, 0.5) is 0 Å². The van der Waals surface area contributed by atoms with E-state index in [9.17, 15) is 4.79 Å². The number of ether oxygens (including phenoxy) is 2. The molecular formula is C10H21NO3. The maximum absolute atomic E-state index is 11.0. The second-order valence-electron chi connectivity index (χ2n) is 3.80. The quantitative estimate of drug-likeness (QED) is 0.626. The van der Waals surface area contributed by atoms with E-state index in [4.69, 9.17) is 9.47 Å². The van der Waals surface area contributed by atoms with E-state index in [-0.39, 0.29) is 11.5 Å². The standard InChI is InChI=1S/C10H21NO3/c1-5-14-9(12)6-7-11-10(2,3)8-13-4/h11H,5-8H2,1-4H3. The number of nitrogens with one attached hydrogen (secondary N) is 1. The lowest BCUT2D eigenvalue weighted by molar-refractivity contribution is -0.143. The Hall–Kier alpha value is -0.610. The molecule has 0 amide bonds. The van der Waals surface area contributed by atoms with Gasteiger partial charge in [-0.15, -0.1) is 0 Å². The summed E-state index contributed by atoms with van der Waals surface area (Å²) in [6.45, 7) is 7.55. The fourth-order valence-corrected chi connectivity index (χ4v) is 1.15. The molecule has 14 heavy (non-hydrogen) atoms. The number of rotatable bonds is 7. The van der Waals surface area contributed by atoms with Crippen LogP contribution in [0.1, 0.15) is 27.2 Å². The molecular weight excluding hydrogens is 182 g/mol. The molecule has 0 aliphatic heterocycles. The monoisotopic (exact) mass is 203 g/mol. The summed E-state index contributed by atoms with van der Waals surface area (Å²) in [6.07, 6.45) is 0.404. The lowest BCUT2D eigenvalue weighted by Crippen LogP contribution is -2.44. The van der Waals surface area contributed by atoms with Crippen molar-refractivity contribution in [2.24, 2.45) is 0 Å². The smallest absolute Gasteiger partial charge is 0.307 e. The van der Waals surface area contributed by atoms with Crippen molar-refractivity contribution in [3.05, 3.63) is 0 Å². The average Bonchev–Trinajstić information content (AvgIpc) is 2.03. The summed E-state index contributed by atoms with van der Waals surface area (Å²) in [5.74, 6) is -0.159. The average molecular weight is 203 g/mol. The van der Waals surface area contributed by atoms with E-state index < -0.39 is 0 Å². The molecule has 0 atom stereocenters. The number of esters is 1. The minimum atomic E-state index is -0.159. The van der Waals surface area contributed by atoms with Gasteiger partial charge in [0.1, 0.15) is 0 Å². The number of carbonyl (C=O) groups excluding carboxylic acids is 1. The second kappa shape index (κ2) is 6.79. The van der Waals surface area contributed by atoms with Gasteiger partial charge >= 0.3 is 5.97 Å². The molecule has 0 saturated carbocycles. The Balaban J connectivity index is 3.57. The van der Waals surface area contributed by atoms with Crippen molar-refractivity contribution >= 4 is 5.97 Å². The van der Waals surface area contributed by atoms with E-state index in [2.05, 4.69) is 5.32 Å².